The smallest absolute Gasteiger partial charge is 0.339 e. The highest BCUT2D eigenvalue weighted by Gasteiger charge is 2.42. The van der Waals surface area contributed by atoms with Gasteiger partial charge in [-0.1, -0.05) is 36.4 Å². The van der Waals surface area contributed by atoms with Crippen molar-refractivity contribution in [3.8, 4) is 5.75 Å². The number of hydrogen-bond acceptors (Lipinski definition) is 5. The third-order valence-corrected chi connectivity index (χ3v) is 5.07. The van der Waals surface area contributed by atoms with E-state index >= 15 is 0 Å². The van der Waals surface area contributed by atoms with Crippen LogP contribution in [0.4, 0.5) is 0 Å². The van der Waals surface area contributed by atoms with E-state index in [1.54, 1.807) is 31.5 Å². The number of ether oxygens (including phenoxy) is 2. The van der Waals surface area contributed by atoms with Crippen LogP contribution in [0, 0.1) is 0 Å². The van der Waals surface area contributed by atoms with Crippen molar-refractivity contribution in [1.29, 1.82) is 0 Å². The van der Waals surface area contributed by atoms with Gasteiger partial charge in [-0.25, -0.2) is 4.79 Å². The number of nitrogens with one attached hydrogen (secondary N) is 1. The normalized spacial score (nSPS) is 17.6. The number of benzene rings is 2. The van der Waals surface area contributed by atoms with Crippen LogP contribution in [-0.2, 0) is 29.1 Å². The summed E-state index contributed by atoms with van der Waals surface area (Å²) in [5, 5.41) is 2.87. The molecule has 0 spiro atoms. The molecule has 0 saturated heterocycles. The number of carbonyl (C=O) groups excluding carboxylic acids is 2. The molecule has 1 aliphatic rings. The predicted molar refractivity (Wildman–Crippen MR) is 111 cm³/mol. The largest absolute Gasteiger partial charge is 0.489 e. The second kappa shape index (κ2) is 8.37. The number of hydrogen-bond donors (Lipinski definition) is 1. The van der Waals surface area contributed by atoms with Gasteiger partial charge in [0.1, 0.15) is 12.4 Å². The van der Waals surface area contributed by atoms with Crippen LogP contribution in [0.1, 0.15) is 34.0 Å². The van der Waals surface area contributed by atoms with Gasteiger partial charge in [0, 0.05) is 30.9 Å². The van der Waals surface area contributed by atoms with Gasteiger partial charge in [0.05, 0.1) is 5.56 Å². The monoisotopic (exact) mass is 402 g/mol. The van der Waals surface area contributed by atoms with Gasteiger partial charge < -0.3 is 14.8 Å². The lowest BCUT2D eigenvalue weighted by molar-refractivity contribution is -0.139. The van der Waals surface area contributed by atoms with Crippen LogP contribution in [0.5, 0.6) is 5.75 Å². The highest BCUT2D eigenvalue weighted by molar-refractivity contribution is 5.97. The van der Waals surface area contributed by atoms with Crippen molar-refractivity contribution < 1.29 is 19.1 Å². The van der Waals surface area contributed by atoms with Gasteiger partial charge in [-0.2, -0.15) is 0 Å². The molecule has 0 fully saturated rings. The number of amides is 1. The van der Waals surface area contributed by atoms with Crippen molar-refractivity contribution in [2.75, 3.05) is 0 Å². The summed E-state index contributed by atoms with van der Waals surface area (Å²) < 4.78 is 11.2. The van der Waals surface area contributed by atoms with E-state index in [0.29, 0.717) is 25.1 Å². The third-order valence-electron chi connectivity index (χ3n) is 5.07. The minimum absolute atomic E-state index is 0.317. The van der Waals surface area contributed by atoms with Gasteiger partial charge >= 0.3 is 5.97 Å². The molecule has 0 radical (unpaired) electrons. The Morgan fingerprint density at radius 3 is 2.67 bits per heavy atom. The number of cyclic esters (lactones) is 1. The first-order chi connectivity index (χ1) is 14.5. The molecule has 0 saturated carbocycles. The van der Waals surface area contributed by atoms with Gasteiger partial charge in [-0.15, -0.1) is 0 Å². The van der Waals surface area contributed by atoms with E-state index in [9.17, 15) is 9.59 Å². The van der Waals surface area contributed by atoms with E-state index in [1.165, 1.54) is 0 Å². The summed E-state index contributed by atoms with van der Waals surface area (Å²) >= 11 is 0. The average molecular weight is 402 g/mol. The number of fused-ring (bicyclic) bond motifs is 1. The van der Waals surface area contributed by atoms with Crippen molar-refractivity contribution in [3.05, 3.63) is 95.3 Å². The highest BCUT2D eigenvalue weighted by atomic mass is 16.6. The summed E-state index contributed by atoms with van der Waals surface area (Å²) in [6, 6.07) is 18.5. The number of esters is 1. The first-order valence-electron chi connectivity index (χ1n) is 9.74. The maximum atomic E-state index is 12.8. The molecule has 1 atom stereocenters. The van der Waals surface area contributed by atoms with Gasteiger partial charge in [0.25, 0.3) is 5.91 Å². The second-order valence-electron chi connectivity index (χ2n) is 7.43. The number of pyridine rings is 1. The van der Waals surface area contributed by atoms with Crippen LogP contribution in [0.15, 0.2) is 73.1 Å². The van der Waals surface area contributed by atoms with E-state index in [0.717, 1.165) is 22.4 Å². The fourth-order valence-corrected chi connectivity index (χ4v) is 3.38. The molecule has 152 valence electrons. The van der Waals surface area contributed by atoms with Crippen LogP contribution in [0.2, 0.25) is 0 Å². The molecule has 1 amide bonds. The summed E-state index contributed by atoms with van der Waals surface area (Å²) in [6.07, 6.45) is 3.84. The fraction of sp³-hybridized carbons (Fsp3) is 0.208. The summed E-state index contributed by atoms with van der Waals surface area (Å²) in [5.41, 5.74) is 2.03. The molecule has 1 N–H and O–H groups in total. The van der Waals surface area contributed by atoms with Crippen LogP contribution in [0.3, 0.4) is 0 Å². The number of carbonyl (C=O) groups is 2. The Hall–Kier alpha value is -3.67. The number of rotatable bonds is 6. The van der Waals surface area contributed by atoms with Gasteiger partial charge in [0.2, 0.25) is 0 Å². The molecule has 0 aliphatic carbocycles. The van der Waals surface area contributed by atoms with Crippen molar-refractivity contribution >= 4 is 11.9 Å². The van der Waals surface area contributed by atoms with Gasteiger partial charge in [-0.3, -0.25) is 9.78 Å². The molecule has 1 unspecified atom stereocenters. The molecule has 30 heavy (non-hydrogen) atoms. The molecular weight excluding hydrogens is 380 g/mol. The van der Waals surface area contributed by atoms with Crippen LogP contribution in [-0.4, -0.2) is 22.5 Å². The molecule has 6 nitrogen and oxygen atoms in total. The molecule has 0 bridgehead atoms. The first kappa shape index (κ1) is 19.6. The zero-order valence-electron chi connectivity index (χ0n) is 16.6. The number of aromatic nitrogens is 1. The Kier molecular flexibility index (Phi) is 5.48. The van der Waals surface area contributed by atoms with E-state index in [-0.39, 0.29) is 5.91 Å². The fourth-order valence-electron chi connectivity index (χ4n) is 3.38. The standard InChI is InChI=1S/C24H22N2O4/c1-24(13-19-6-2-3-7-21(19)22(27)30-24)23(28)26-15-17-8-10-20(11-9-17)29-16-18-5-4-12-25-14-18/h2-12,14H,13,15-16H2,1H3,(H,26,28). The Morgan fingerprint density at radius 2 is 1.90 bits per heavy atom. The summed E-state index contributed by atoms with van der Waals surface area (Å²) in [4.78, 5) is 29.1. The Labute approximate surface area is 174 Å². The Bertz CT molecular complexity index is 1050. The highest BCUT2D eigenvalue weighted by Crippen LogP contribution is 2.28. The predicted octanol–water partition coefficient (Wildman–Crippen LogP) is 3.45. The minimum Gasteiger partial charge on any atom is -0.489 e. The Balaban J connectivity index is 1.33. The Morgan fingerprint density at radius 1 is 1.10 bits per heavy atom. The molecule has 1 aromatic heterocycles. The average Bonchev–Trinajstić information content (AvgIpc) is 2.77. The van der Waals surface area contributed by atoms with Crippen molar-refractivity contribution in [3.63, 3.8) is 0 Å². The summed E-state index contributed by atoms with van der Waals surface area (Å²) in [6.45, 7) is 2.41. The molecule has 3 aromatic rings. The van der Waals surface area contributed by atoms with Crippen LogP contribution < -0.4 is 10.1 Å². The van der Waals surface area contributed by atoms with Crippen molar-refractivity contribution in [2.24, 2.45) is 0 Å². The quantitative estimate of drug-likeness (QED) is 0.639. The van der Waals surface area contributed by atoms with Crippen LogP contribution in [0.25, 0.3) is 0 Å². The van der Waals surface area contributed by atoms with E-state index in [2.05, 4.69) is 10.3 Å². The van der Waals surface area contributed by atoms with E-state index in [4.69, 9.17) is 9.47 Å². The zero-order chi connectivity index (χ0) is 21.0. The SMILES string of the molecule is CC1(C(=O)NCc2ccc(OCc3cccnc3)cc2)Cc2ccccc2C(=O)O1. The summed E-state index contributed by atoms with van der Waals surface area (Å²) in [5.74, 6) is -0.0504. The van der Waals surface area contributed by atoms with Crippen molar-refractivity contribution in [1.82, 2.24) is 10.3 Å². The first-order valence-corrected chi connectivity index (χ1v) is 9.74. The molecular formula is C24H22N2O4. The van der Waals surface area contributed by atoms with E-state index < -0.39 is 11.6 Å². The van der Waals surface area contributed by atoms with Crippen molar-refractivity contribution in [2.45, 2.75) is 32.1 Å². The molecule has 6 heteroatoms. The lowest BCUT2D eigenvalue weighted by Gasteiger charge is -2.33. The third kappa shape index (κ3) is 4.33. The maximum absolute atomic E-state index is 12.8. The number of nitrogens with zero attached hydrogens (tertiary/aromatic N) is 1. The minimum atomic E-state index is -1.22. The summed E-state index contributed by atoms with van der Waals surface area (Å²) in [7, 11) is 0. The molecule has 1 aliphatic heterocycles. The lowest BCUT2D eigenvalue weighted by atomic mass is 9.89. The van der Waals surface area contributed by atoms with E-state index in [1.807, 2.05) is 48.5 Å². The molecule has 4 rings (SSSR count). The topological polar surface area (TPSA) is 77.5 Å². The van der Waals surface area contributed by atoms with Crippen LogP contribution >= 0.6 is 0 Å². The zero-order valence-corrected chi connectivity index (χ0v) is 16.6. The second-order valence-corrected chi connectivity index (χ2v) is 7.43. The maximum Gasteiger partial charge on any atom is 0.339 e. The molecule has 2 heterocycles. The molecule has 2 aromatic carbocycles. The van der Waals surface area contributed by atoms with Gasteiger partial charge in [0.15, 0.2) is 5.60 Å². The lowest BCUT2D eigenvalue weighted by Crippen LogP contribution is -2.51. The van der Waals surface area contributed by atoms with Gasteiger partial charge in [-0.05, 0) is 42.3 Å².